The Hall–Kier alpha value is -3.72. The highest BCUT2D eigenvalue weighted by Crippen LogP contribution is 2.35. The molecule has 6 rings (SSSR count). The third kappa shape index (κ3) is 6.05. The summed E-state index contributed by atoms with van der Waals surface area (Å²) < 4.78 is 78.2. The quantitative estimate of drug-likeness (QED) is 0.292. The number of benzene rings is 3. The van der Waals surface area contributed by atoms with Crippen molar-refractivity contribution < 1.29 is 35.7 Å². The first-order valence-corrected chi connectivity index (χ1v) is 15.2. The molecule has 1 saturated heterocycles. The highest BCUT2D eigenvalue weighted by atomic mass is 35.5. The first kappa shape index (κ1) is 29.4. The lowest BCUT2D eigenvalue weighted by Crippen LogP contribution is -2.48. The van der Waals surface area contributed by atoms with Gasteiger partial charge in [-0.25, -0.2) is 13.0 Å². The van der Waals surface area contributed by atoms with E-state index in [2.05, 4.69) is 14.9 Å². The number of hydrogen-bond acceptors (Lipinski definition) is 8. The number of ether oxygens (including phenoxy) is 1. The van der Waals surface area contributed by atoms with Crippen molar-refractivity contribution in [2.45, 2.75) is 24.1 Å². The number of halogens is 4. The number of anilines is 2. The average Bonchev–Trinajstić information content (AvgIpc) is 3.63. The lowest BCUT2D eigenvalue weighted by atomic mass is 10.1. The molecule has 0 atom stereocenters. The van der Waals surface area contributed by atoms with Gasteiger partial charge in [0, 0.05) is 49.1 Å². The van der Waals surface area contributed by atoms with Gasteiger partial charge in [0.2, 0.25) is 10.0 Å². The molecule has 0 bridgehead atoms. The smallest absolute Gasteiger partial charge is 0.369 e. The first-order chi connectivity index (χ1) is 20.5. The van der Waals surface area contributed by atoms with Gasteiger partial charge >= 0.3 is 6.18 Å². The molecule has 10 nitrogen and oxygen atoms in total. The summed E-state index contributed by atoms with van der Waals surface area (Å²) in [5.41, 5.74) is 2.82. The van der Waals surface area contributed by atoms with Crippen molar-refractivity contribution in [3.05, 3.63) is 76.3 Å². The Labute approximate surface area is 249 Å². The summed E-state index contributed by atoms with van der Waals surface area (Å²) in [5.74, 6) is -0.246. The number of sulfonamides is 1. The van der Waals surface area contributed by atoms with Crippen LogP contribution < -0.4 is 9.80 Å². The van der Waals surface area contributed by atoms with E-state index in [1.54, 1.807) is 34.1 Å². The van der Waals surface area contributed by atoms with Crippen molar-refractivity contribution in [3.63, 3.8) is 0 Å². The Balaban J connectivity index is 1.07. The van der Waals surface area contributed by atoms with Gasteiger partial charge in [0.25, 0.3) is 5.91 Å². The fraction of sp³-hybridized carbons (Fsp3) is 0.321. The Kier molecular flexibility index (Phi) is 7.79. The van der Waals surface area contributed by atoms with E-state index in [0.29, 0.717) is 29.7 Å². The molecule has 226 valence electrons. The monoisotopic (exact) mass is 635 g/mol. The fourth-order valence-electron chi connectivity index (χ4n) is 5.31. The van der Waals surface area contributed by atoms with Crippen LogP contribution in [0, 0.1) is 0 Å². The van der Waals surface area contributed by atoms with Crippen molar-refractivity contribution in [2.24, 2.45) is 0 Å². The van der Waals surface area contributed by atoms with E-state index in [9.17, 15) is 26.4 Å². The molecule has 3 aromatic carbocycles. The van der Waals surface area contributed by atoms with Crippen LogP contribution in [0.15, 0.2) is 64.1 Å². The van der Waals surface area contributed by atoms with Gasteiger partial charge in [0.15, 0.2) is 0 Å². The number of aromatic nitrogens is 2. The number of fused-ring (bicyclic) bond motifs is 2. The zero-order chi connectivity index (χ0) is 30.4. The topological polar surface area (TPSA) is 109 Å². The van der Waals surface area contributed by atoms with Gasteiger partial charge in [-0.3, -0.25) is 4.79 Å². The number of rotatable bonds is 7. The molecule has 0 spiro atoms. The molecule has 1 fully saturated rings. The molecule has 3 heterocycles. The lowest BCUT2D eigenvalue weighted by molar-refractivity contribution is -0.137. The molecule has 15 heteroatoms. The van der Waals surface area contributed by atoms with Crippen LogP contribution in [0.2, 0.25) is 5.02 Å². The predicted octanol–water partition coefficient (Wildman–Crippen LogP) is 4.51. The number of carbonyl (C=O) groups excluding carboxylic acids is 1. The number of carbonyl (C=O) groups is 1. The van der Waals surface area contributed by atoms with Crippen molar-refractivity contribution in [3.8, 4) is 0 Å². The van der Waals surface area contributed by atoms with Crippen LogP contribution in [-0.2, 0) is 38.8 Å². The number of alkyl halides is 3. The summed E-state index contributed by atoms with van der Waals surface area (Å²) in [5, 5.41) is 7.50. The Bertz CT molecular complexity index is 1790. The zero-order valence-corrected chi connectivity index (χ0v) is 24.1. The van der Waals surface area contributed by atoms with Gasteiger partial charge in [-0.05, 0) is 76.4 Å². The summed E-state index contributed by atoms with van der Waals surface area (Å²) >= 11 is 5.93. The minimum absolute atomic E-state index is 0.0420. The molecule has 1 amide bonds. The summed E-state index contributed by atoms with van der Waals surface area (Å²) in [7, 11) is -3.87. The number of piperazine rings is 1. The maximum absolute atomic E-state index is 13.4. The van der Waals surface area contributed by atoms with E-state index in [1.807, 2.05) is 6.07 Å². The van der Waals surface area contributed by atoms with Crippen molar-refractivity contribution in [2.75, 3.05) is 49.1 Å². The molecular formula is C28H25ClF3N5O5S. The second-order valence-corrected chi connectivity index (χ2v) is 12.6. The van der Waals surface area contributed by atoms with Gasteiger partial charge in [-0.1, -0.05) is 17.7 Å². The maximum Gasteiger partial charge on any atom is 0.416 e. The van der Waals surface area contributed by atoms with E-state index in [1.165, 1.54) is 16.4 Å². The van der Waals surface area contributed by atoms with Gasteiger partial charge < -0.3 is 14.5 Å². The predicted molar refractivity (Wildman–Crippen MR) is 151 cm³/mol. The Morgan fingerprint density at radius 1 is 0.953 bits per heavy atom. The summed E-state index contributed by atoms with van der Waals surface area (Å²) in [6.07, 6.45) is -4.05. The van der Waals surface area contributed by atoms with Crippen LogP contribution >= 0.6 is 11.6 Å². The van der Waals surface area contributed by atoms with Crippen molar-refractivity contribution in [1.82, 2.24) is 14.6 Å². The fourth-order valence-corrected chi connectivity index (χ4v) is 7.01. The van der Waals surface area contributed by atoms with Crippen molar-refractivity contribution in [1.29, 1.82) is 0 Å². The highest BCUT2D eigenvalue weighted by Gasteiger charge is 2.34. The second kappa shape index (κ2) is 11.4. The summed E-state index contributed by atoms with van der Waals surface area (Å²) in [4.78, 5) is 16.3. The molecule has 2 aliphatic heterocycles. The van der Waals surface area contributed by atoms with Gasteiger partial charge in [0.05, 0.1) is 17.1 Å². The molecule has 0 radical (unpaired) electrons. The SMILES string of the molecule is O=C(COCc1ccc2nonc2c1)N1CCc2cc(S(=O)(=O)N3CCN(c4cc(Cl)cc(C(F)(F)F)c4)CC3)ccc21. The van der Waals surface area contributed by atoms with Gasteiger partial charge in [-0.15, -0.1) is 0 Å². The Morgan fingerprint density at radius 3 is 2.49 bits per heavy atom. The number of nitrogens with zero attached hydrogens (tertiary/aromatic N) is 5. The molecule has 0 saturated carbocycles. The maximum atomic E-state index is 13.4. The van der Waals surface area contributed by atoms with E-state index in [-0.39, 0.29) is 60.9 Å². The Morgan fingerprint density at radius 2 is 1.72 bits per heavy atom. The normalized spacial score (nSPS) is 16.2. The molecule has 0 aliphatic carbocycles. The number of amides is 1. The molecule has 0 unspecified atom stereocenters. The van der Waals surface area contributed by atoms with Crippen molar-refractivity contribution >= 4 is 49.9 Å². The largest absolute Gasteiger partial charge is 0.416 e. The van der Waals surface area contributed by atoms with Crippen LogP contribution in [-0.4, -0.2) is 68.3 Å². The average molecular weight is 636 g/mol. The van der Waals surface area contributed by atoms with Crippen LogP contribution in [0.25, 0.3) is 11.0 Å². The third-order valence-corrected chi connectivity index (χ3v) is 9.62. The van der Waals surface area contributed by atoms with Crippen LogP contribution in [0.3, 0.4) is 0 Å². The zero-order valence-electron chi connectivity index (χ0n) is 22.6. The molecule has 1 aromatic heterocycles. The van der Waals surface area contributed by atoms with Crippen LogP contribution in [0.4, 0.5) is 24.5 Å². The van der Waals surface area contributed by atoms with Crippen LogP contribution in [0.5, 0.6) is 0 Å². The van der Waals surface area contributed by atoms with Crippen LogP contribution in [0.1, 0.15) is 16.7 Å². The minimum Gasteiger partial charge on any atom is -0.369 e. The highest BCUT2D eigenvalue weighted by molar-refractivity contribution is 7.89. The summed E-state index contributed by atoms with van der Waals surface area (Å²) in [6.45, 7) is 1.03. The molecule has 4 aromatic rings. The van der Waals surface area contributed by atoms with Gasteiger partial charge in [-0.2, -0.15) is 17.5 Å². The third-order valence-electron chi connectivity index (χ3n) is 7.51. The molecule has 2 aliphatic rings. The minimum atomic E-state index is -4.54. The van der Waals surface area contributed by atoms with E-state index in [0.717, 1.165) is 23.3 Å². The number of hydrogen-bond donors (Lipinski definition) is 0. The molecule has 0 N–H and O–H groups in total. The van der Waals surface area contributed by atoms with E-state index < -0.39 is 21.8 Å². The lowest BCUT2D eigenvalue weighted by Gasteiger charge is -2.35. The van der Waals surface area contributed by atoms with E-state index in [4.69, 9.17) is 16.3 Å². The summed E-state index contributed by atoms with van der Waals surface area (Å²) in [6, 6.07) is 13.3. The second-order valence-electron chi connectivity index (χ2n) is 10.3. The van der Waals surface area contributed by atoms with Gasteiger partial charge in [0.1, 0.15) is 17.6 Å². The molecule has 43 heavy (non-hydrogen) atoms. The van der Waals surface area contributed by atoms with E-state index >= 15 is 0 Å². The standard InChI is InChI=1S/C28H25ClF3N5O5S/c29-21-13-20(28(30,31)32)14-22(15-21)35-7-9-36(10-8-35)43(39,40)23-2-4-26-19(12-23)5-6-37(26)27(38)17-41-16-18-1-3-24-25(11-18)34-42-33-24/h1-4,11-15H,5-10,16-17H2. The molecular weight excluding hydrogens is 611 g/mol. The first-order valence-electron chi connectivity index (χ1n) is 13.3.